The molecule has 3 rings (SSSR count). The van der Waals surface area contributed by atoms with Gasteiger partial charge in [-0.1, -0.05) is 30.3 Å². The van der Waals surface area contributed by atoms with E-state index >= 15 is 0 Å². The Morgan fingerprint density at radius 2 is 1.91 bits per heavy atom. The minimum Gasteiger partial charge on any atom is -0.328 e. The molecule has 2 heterocycles. The molecule has 2 aliphatic rings. The average Bonchev–Trinajstić information content (AvgIpc) is 2.91. The van der Waals surface area contributed by atoms with E-state index in [0.717, 1.165) is 13.0 Å². The van der Waals surface area contributed by atoms with Gasteiger partial charge in [0, 0.05) is 13.0 Å². The van der Waals surface area contributed by atoms with Gasteiger partial charge in [0.15, 0.2) is 0 Å². The fraction of sp³-hybridized carbons (Fsp3) is 0.588. The lowest BCUT2D eigenvalue weighted by atomic mass is 10.2. The summed E-state index contributed by atoms with van der Waals surface area (Å²) in [5.41, 5.74) is 1.26. The number of hydrogen-bond acceptors (Lipinski definition) is 2. The molecule has 1 aromatic rings. The Morgan fingerprint density at radius 3 is 2.64 bits per heavy atom. The summed E-state index contributed by atoms with van der Waals surface area (Å²) < 4.78 is 0. The fourth-order valence-electron chi connectivity index (χ4n) is 3.37. The molecule has 0 saturated carbocycles. The lowest BCUT2D eigenvalue weighted by Gasteiger charge is -2.29. The number of carbonyl (C=O) groups excluding carboxylic acids is 1. The van der Waals surface area contributed by atoms with Crippen LogP contribution in [0, 0.1) is 0 Å². The maximum Gasteiger partial charge on any atom is 0.233 e. The minimum atomic E-state index is 0.223. The van der Waals surface area contributed by atoms with Crippen LogP contribution in [0.4, 0.5) is 0 Å². The molecule has 22 heavy (non-hydrogen) atoms. The van der Waals surface area contributed by atoms with Crippen molar-refractivity contribution in [2.75, 3.05) is 52.1 Å². The molecule has 2 aliphatic heterocycles. The smallest absolute Gasteiger partial charge is 0.233 e. The number of rotatable bonds is 5. The summed E-state index contributed by atoms with van der Waals surface area (Å²) in [6.45, 7) is 7.20. The van der Waals surface area contributed by atoms with Crippen LogP contribution in [0.1, 0.15) is 17.4 Å². The Labute approximate surface area is 137 Å². The van der Waals surface area contributed by atoms with Crippen LogP contribution in [0.15, 0.2) is 30.3 Å². The van der Waals surface area contributed by atoms with Gasteiger partial charge in [0.2, 0.25) is 5.91 Å². The van der Waals surface area contributed by atoms with Crippen molar-refractivity contribution in [1.82, 2.24) is 4.90 Å². The van der Waals surface area contributed by atoms with E-state index < -0.39 is 0 Å². The number of hydrogen-bond donors (Lipinski definition) is 2. The second-order valence-electron chi connectivity index (χ2n) is 6.47. The molecule has 0 unspecified atom stereocenters. The SMILES string of the molecule is C[NH+]1CC[NH+](CCCN2C(=O)CS[C@@H]2c2ccccc2)CC1. The molecule has 1 atom stereocenters. The monoisotopic (exact) mass is 321 g/mol. The van der Waals surface area contributed by atoms with Crippen molar-refractivity contribution in [1.29, 1.82) is 0 Å². The molecule has 0 aromatic heterocycles. The van der Waals surface area contributed by atoms with Crippen LogP contribution in [0.3, 0.4) is 0 Å². The van der Waals surface area contributed by atoms with Gasteiger partial charge in [0.05, 0.1) is 19.3 Å². The van der Waals surface area contributed by atoms with Crippen molar-refractivity contribution in [3.63, 3.8) is 0 Å². The standard InChI is InChI=1S/C17H25N3OS/c1-18-10-12-19(13-11-18)8-5-9-20-16(21)14-22-17(20)15-6-3-2-4-7-15/h2-4,6-7,17H,5,8-14H2,1H3/p+2/t17-/m1/s1. The Balaban J connectivity index is 1.51. The zero-order valence-corrected chi connectivity index (χ0v) is 14.2. The molecule has 4 nitrogen and oxygen atoms in total. The lowest BCUT2D eigenvalue weighted by Crippen LogP contribution is -3.27. The van der Waals surface area contributed by atoms with E-state index in [9.17, 15) is 4.79 Å². The highest BCUT2D eigenvalue weighted by Crippen LogP contribution is 2.38. The van der Waals surface area contributed by atoms with Crippen LogP contribution < -0.4 is 9.80 Å². The minimum absolute atomic E-state index is 0.223. The summed E-state index contributed by atoms with van der Waals surface area (Å²) in [4.78, 5) is 17.6. The number of likely N-dealkylation sites (N-methyl/N-ethyl adjacent to an activating group) is 1. The van der Waals surface area contributed by atoms with Crippen molar-refractivity contribution in [3.8, 4) is 0 Å². The van der Waals surface area contributed by atoms with Gasteiger partial charge in [0.25, 0.3) is 0 Å². The predicted octanol–water partition coefficient (Wildman–Crippen LogP) is -0.936. The maximum absolute atomic E-state index is 12.2. The van der Waals surface area contributed by atoms with Crippen LogP contribution in [-0.2, 0) is 4.79 Å². The Hall–Kier alpha value is -1.04. The van der Waals surface area contributed by atoms with Gasteiger partial charge >= 0.3 is 0 Å². The normalized spacial score (nSPS) is 29.0. The number of piperazine rings is 1. The number of amides is 1. The Morgan fingerprint density at radius 1 is 1.18 bits per heavy atom. The fourth-order valence-corrected chi connectivity index (χ4v) is 4.59. The topological polar surface area (TPSA) is 29.2 Å². The zero-order valence-electron chi connectivity index (χ0n) is 13.4. The van der Waals surface area contributed by atoms with E-state index in [4.69, 9.17) is 0 Å². The summed E-state index contributed by atoms with van der Waals surface area (Å²) in [5, 5.41) is 0.223. The summed E-state index contributed by atoms with van der Waals surface area (Å²) in [6.07, 6.45) is 1.12. The molecule has 0 aliphatic carbocycles. The van der Waals surface area contributed by atoms with Gasteiger partial charge in [-0.25, -0.2) is 0 Å². The third-order valence-corrected chi connectivity index (χ3v) is 6.05. The van der Waals surface area contributed by atoms with Gasteiger partial charge in [0.1, 0.15) is 31.6 Å². The van der Waals surface area contributed by atoms with Gasteiger partial charge in [-0.15, -0.1) is 11.8 Å². The van der Waals surface area contributed by atoms with E-state index in [0.29, 0.717) is 11.7 Å². The van der Waals surface area contributed by atoms with Gasteiger partial charge in [-0.3, -0.25) is 4.79 Å². The highest BCUT2D eigenvalue weighted by Gasteiger charge is 2.32. The summed E-state index contributed by atoms with van der Waals surface area (Å²) in [7, 11) is 2.28. The molecule has 5 heteroatoms. The number of quaternary nitrogens is 2. The molecular formula is C17H27N3OS+2. The quantitative estimate of drug-likeness (QED) is 0.733. The van der Waals surface area contributed by atoms with Crippen LogP contribution in [0.5, 0.6) is 0 Å². The first-order valence-corrected chi connectivity index (χ1v) is 9.40. The Bertz CT molecular complexity index is 488. The highest BCUT2D eigenvalue weighted by atomic mass is 32.2. The van der Waals surface area contributed by atoms with E-state index in [1.54, 1.807) is 21.6 Å². The number of nitrogens with zero attached hydrogens (tertiary/aromatic N) is 1. The molecule has 0 radical (unpaired) electrons. The van der Waals surface area contributed by atoms with Crippen LogP contribution in [0.2, 0.25) is 0 Å². The third kappa shape index (κ3) is 3.83. The van der Waals surface area contributed by atoms with Crippen LogP contribution in [-0.4, -0.2) is 62.9 Å². The highest BCUT2D eigenvalue weighted by molar-refractivity contribution is 8.00. The predicted molar refractivity (Wildman–Crippen MR) is 90.2 cm³/mol. The molecule has 0 bridgehead atoms. The molecule has 2 saturated heterocycles. The van der Waals surface area contributed by atoms with Gasteiger partial charge < -0.3 is 14.7 Å². The van der Waals surface area contributed by atoms with Crippen molar-refractivity contribution in [3.05, 3.63) is 35.9 Å². The van der Waals surface area contributed by atoms with Crippen molar-refractivity contribution in [2.24, 2.45) is 0 Å². The largest absolute Gasteiger partial charge is 0.328 e. The first kappa shape index (κ1) is 15.8. The van der Waals surface area contributed by atoms with Crippen molar-refractivity contribution < 1.29 is 14.6 Å². The first-order valence-electron chi connectivity index (χ1n) is 8.35. The first-order chi connectivity index (χ1) is 10.7. The average molecular weight is 321 g/mol. The second-order valence-corrected chi connectivity index (χ2v) is 7.54. The van der Waals surface area contributed by atoms with Crippen molar-refractivity contribution >= 4 is 17.7 Å². The summed E-state index contributed by atoms with van der Waals surface area (Å²) in [5.74, 6) is 0.932. The summed E-state index contributed by atoms with van der Waals surface area (Å²) in [6, 6.07) is 10.4. The molecule has 120 valence electrons. The number of benzene rings is 1. The molecule has 2 fully saturated rings. The summed E-state index contributed by atoms with van der Waals surface area (Å²) >= 11 is 1.76. The van der Waals surface area contributed by atoms with Crippen LogP contribution >= 0.6 is 11.8 Å². The number of nitrogens with one attached hydrogen (secondary N) is 2. The van der Waals surface area contributed by atoms with Gasteiger partial charge in [-0.2, -0.15) is 0 Å². The maximum atomic E-state index is 12.2. The van der Waals surface area contributed by atoms with Crippen molar-refractivity contribution in [2.45, 2.75) is 11.8 Å². The van der Waals surface area contributed by atoms with Crippen LogP contribution in [0.25, 0.3) is 0 Å². The molecule has 2 N–H and O–H groups in total. The van der Waals surface area contributed by atoms with E-state index in [2.05, 4.69) is 36.2 Å². The second kappa shape index (κ2) is 7.49. The number of carbonyl (C=O) groups is 1. The van der Waals surface area contributed by atoms with E-state index in [1.807, 2.05) is 6.07 Å². The molecule has 1 amide bonds. The lowest BCUT2D eigenvalue weighted by molar-refractivity contribution is -1.00. The Kier molecular flexibility index (Phi) is 5.39. The third-order valence-electron chi connectivity index (χ3n) is 4.79. The molecular weight excluding hydrogens is 294 g/mol. The van der Waals surface area contributed by atoms with E-state index in [1.165, 1.54) is 38.3 Å². The van der Waals surface area contributed by atoms with Gasteiger partial charge in [-0.05, 0) is 5.56 Å². The molecule has 1 aromatic carbocycles. The van der Waals surface area contributed by atoms with E-state index in [-0.39, 0.29) is 5.37 Å². The number of thioether (sulfide) groups is 1. The molecule has 0 spiro atoms. The zero-order chi connectivity index (χ0) is 15.4.